The molecule has 3 aliphatic carbocycles. The van der Waals surface area contributed by atoms with Crippen LogP contribution in [0.3, 0.4) is 0 Å². The molecule has 250 valence electrons. The first-order chi connectivity index (χ1) is 22.6. The molecule has 2 bridgehead atoms. The highest BCUT2D eigenvalue weighted by molar-refractivity contribution is 6.30. The molecule has 3 saturated carbocycles. The molecule has 2 aliphatic heterocycles. The Bertz CT molecular complexity index is 1730. The molecule has 47 heavy (non-hydrogen) atoms. The van der Waals surface area contributed by atoms with Gasteiger partial charge in [0.05, 0.1) is 23.5 Å². The van der Waals surface area contributed by atoms with E-state index in [1.807, 2.05) is 54.0 Å². The Kier molecular flexibility index (Phi) is 8.81. The molecular formula is C37H48ClN7O2. The number of aromatic nitrogens is 2. The second-order valence-electron chi connectivity index (χ2n) is 15.0. The third kappa shape index (κ3) is 6.41. The normalized spacial score (nSPS) is 28.9. The molecule has 0 spiro atoms. The van der Waals surface area contributed by atoms with E-state index in [4.69, 9.17) is 21.6 Å². The number of hydrogen-bond donors (Lipinski definition) is 3. The summed E-state index contributed by atoms with van der Waals surface area (Å²) in [6.45, 7) is 12.5. The van der Waals surface area contributed by atoms with Crippen molar-refractivity contribution < 1.29 is 4.79 Å². The Hall–Kier alpha value is -3.43. The number of aryl methyl sites for hydroxylation is 1. The van der Waals surface area contributed by atoms with Gasteiger partial charge in [0, 0.05) is 42.3 Å². The van der Waals surface area contributed by atoms with Crippen LogP contribution in [0.15, 0.2) is 52.3 Å². The lowest BCUT2D eigenvalue weighted by Crippen LogP contribution is -2.58. The van der Waals surface area contributed by atoms with Crippen LogP contribution in [0, 0.1) is 23.2 Å². The first-order valence-electron chi connectivity index (χ1n) is 17.5. The number of aliphatic imine (C=N–C) groups is 1. The quantitative estimate of drug-likeness (QED) is 0.242. The molecule has 5 fully saturated rings. The molecule has 0 radical (unpaired) electrons. The fourth-order valence-corrected chi connectivity index (χ4v) is 8.80. The van der Waals surface area contributed by atoms with Gasteiger partial charge < -0.3 is 20.9 Å². The van der Waals surface area contributed by atoms with Gasteiger partial charge in [0.15, 0.2) is 5.96 Å². The Morgan fingerprint density at radius 2 is 1.94 bits per heavy atom. The van der Waals surface area contributed by atoms with Gasteiger partial charge in [-0.3, -0.25) is 14.2 Å². The van der Waals surface area contributed by atoms with E-state index in [-0.39, 0.29) is 36.0 Å². The third-order valence-electron chi connectivity index (χ3n) is 11.6. The number of fused-ring (bicyclic) bond motifs is 3. The van der Waals surface area contributed by atoms with Gasteiger partial charge in [0.2, 0.25) is 5.91 Å². The second kappa shape index (κ2) is 12.9. The predicted octanol–water partition coefficient (Wildman–Crippen LogP) is 5.42. The van der Waals surface area contributed by atoms with Crippen LogP contribution >= 0.6 is 11.6 Å². The summed E-state index contributed by atoms with van der Waals surface area (Å²) in [5.74, 6) is 3.56. The number of hydrogen-bond acceptors (Lipinski definition) is 5. The summed E-state index contributed by atoms with van der Waals surface area (Å²) in [4.78, 5) is 39.4. The van der Waals surface area contributed by atoms with Gasteiger partial charge in [0.25, 0.3) is 5.56 Å². The number of guanidine groups is 1. The van der Waals surface area contributed by atoms with Crippen molar-refractivity contribution >= 4 is 40.1 Å². The maximum Gasteiger partial charge on any atom is 0.261 e. The molecule has 9 nitrogen and oxygen atoms in total. The average molecular weight is 658 g/mol. The Balaban J connectivity index is 1.22. The van der Waals surface area contributed by atoms with Crippen molar-refractivity contribution in [2.24, 2.45) is 28.2 Å². The van der Waals surface area contributed by atoms with Gasteiger partial charge in [-0.15, -0.1) is 0 Å². The number of benzene rings is 2. The number of nitrogens with one attached hydrogen (secondary N) is 3. The number of anilines is 1. The molecule has 3 heterocycles. The fraction of sp³-hybridized carbons (Fsp3) is 0.568. The van der Waals surface area contributed by atoms with Crippen LogP contribution < -0.4 is 21.5 Å². The largest absolute Gasteiger partial charge is 0.350 e. The van der Waals surface area contributed by atoms with Crippen molar-refractivity contribution in [2.45, 2.75) is 84.3 Å². The molecule has 10 heteroatoms. The smallest absolute Gasteiger partial charge is 0.261 e. The van der Waals surface area contributed by atoms with Crippen molar-refractivity contribution in [3.05, 3.63) is 69.2 Å². The highest BCUT2D eigenvalue weighted by atomic mass is 35.5. The van der Waals surface area contributed by atoms with Crippen molar-refractivity contribution in [3.8, 4) is 0 Å². The molecular weight excluding hydrogens is 610 g/mol. The predicted molar refractivity (Wildman–Crippen MR) is 189 cm³/mol. The monoisotopic (exact) mass is 657 g/mol. The lowest BCUT2D eigenvalue weighted by Gasteiger charge is -2.61. The van der Waals surface area contributed by atoms with Gasteiger partial charge in [-0.1, -0.05) is 44.5 Å². The van der Waals surface area contributed by atoms with E-state index in [9.17, 15) is 9.59 Å². The van der Waals surface area contributed by atoms with Crippen molar-refractivity contribution in [3.63, 3.8) is 0 Å². The number of rotatable bonds is 6. The summed E-state index contributed by atoms with van der Waals surface area (Å²) in [6.07, 6.45) is 5.13. The minimum absolute atomic E-state index is 0.00369. The Labute approximate surface area is 282 Å². The number of carbonyl (C=O) groups excluding carboxylic acids is 1. The SMILES string of the molecule is C[C@@H]1[C@@H](N=C(Nc2ccc3c(=O)n(CCc4ccc(Cl)cc4)c(C4CCCNC4)nc3c2)N2CC(=O)N[C@@H](C)C2)C[C@H]2C[C@@H]1C2(C)C. The fourth-order valence-electron chi connectivity index (χ4n) is 8.68. The van der Waals surface area contributed by atoms with Gasteiger partial charge >= 0.3 is 0 Å². The van der Waals surface area contributed by atoms with Crippen LogP contribution in [0.2, 0.25) is 5.02 Å². The van der Waals surface area contributed by atoms with E-state index in [0.717, 1.165) is 61.8 Å². The van der Waals surface area contributed by atoms with E-state index in [0.29, 0.717) is 52.2 Å². The summed E-state index contributed by atoms with van der Waals surface area (Å²) in [5.41, 5.74) is 3.00. The van der Waals surface area contributed by atoms with Crippen LogP contribution in [-0.4, -0.2) is 64.6 Å². The van der Waals surface area contributed by atoms with Crippen LogP contribution in [0.4, 0.5) is 5.69 Å². The Morgan fingerprint density at radius 3 is 2.64 bits per heavy atom. The third-order valence-corrected chi connectivity index (χ3v) is 11.8. The molecule has 2 aromatic carbocycles. The average Bonchev–Trinajstić information content (AvgIpc) is 3.05. The van der Waals surface area contributed by atoms with Gasteiger partial charge in [-0.25, -0.2) is 9.98 Å². The van der Waals surface area contributed by atoms with E-state index < -0.39 is 0 Å². The molecule has 1 unspecified atom stereocenters. The van der Waals surface area contributed by atoms with Gasteiger partial charge in [-0.05, 0) is 105 Å². The summed E-state index contributed by atoms with van der Waals surface area (Å²) in [7, 11) is 0. The lowest BCUT2D eigenvalue weighted by molar-refractivity contribution is -0.124. The summed E-state index contributed by atoms with van der Waals surface area (Å²) in [6, 6.07) is 13.9. The minimum Gasteiger partial charge on any atom is -0.350 e. The molecule has 6 atom stereocenters. The number of halogens is 1. The van der Waals surface area contributed by atoms with E-state index >= 15 is 0 Å². The zero-order valence-electron chi connectivity index (χ0n) is 28.1. The molecule has 3 aromatic rings. The Morgan fingerprint density at radius 1 is 1.13 bits per heavy atom. The molecule has 1 aromatic heterocycles. The zero-order valence-corrected chi connectivity index (χ0v) is 28.8. The van der Waals surface area contributed by atoms with Gasteiger partial charge in [-0.2, -0.15) is 0 Å². The standard InChI is InChI=1S/C37H48ClN7O2/c1-22-20-44(21-33(46)40-22)36(43-31-17-26-16-30(23(31)2)37(26,3)4)41-28-11-12-29-32(18-28)42-34(25-6-5-14-39-19-25)45(35(29)47)15-13-24-7-9-27(38)10-8-24/h7-12,18,22-23,25-26,30-31,39H,5-6,13-17,19-21H2,1-4H3,(H,40,46)(H,41,43)/t22-,23-,25?,26+,30-,31-/m0/s1. The molecule has 5 aliphatic rings. The second-order valence-corrected chi connectivity index (χ2v) is 15.5. The first kappa shape index (κ1) is 32.1. The zero-order chi connectivity index (χ0) is 32.9. The molecule has 3 N–H and O–H groups in total. The van der Waals surface area contributed by atoms with Crippen LogP contribution in [0.1, 0.15) is 70.7 Å². The first-order valence-corrected chi connectivity index (χ1v) is 17.8. The number of piperidine rings is 1. The molecule has 2 saturated heterocycles. The van der Waals surface area contributed by atoms with Gasteiger partial charge in [0.1, 0.15) is 5.82 Å². The van der Waals surface area contributed by atoms with E-state index in [1.165, 1.54) is 6.42 Å². The highest BCUT2D eigenvalue weighted by Crippen LogP contribution is 2.61. The van der Waals surface area contributed by atoms with Crippen molar-refractivity contribution in [2.75, 3.05) is 31.5 Å². The van der Waals surface area contributed by atoms with Crippen LogP contribution in [0.25, 0.3) is 10.9 Å². The molecule has 1 amide bonds. The topological polar surface area (TPSA) is 104 Å². The van der Waals surface area contributed by atoms with Crippen molar-refractivity contribution in [1.82, 2.24) is 25.1 Å². The van der Waals surface area contributed by atoms with Crippen LogP contribution in [-0.2, 0) is 17.8 Å². The molecule has 8 rings (SSSR count). The maximum atomic E-state index is 14.1. The minimum atomic E-state index is -0.00984. The number of nitrogens with zero attached hydrogens (tertiary/aromatic N) is 4. The highest BCUT2D eigenvalue weighted by Gasteiger charge is 2.56. The van der Waals surface area contributed by atoms with Crippen LogP contribution in [0.5, 0.6) is 0 Å². The summed E-state index contributed by atoms with van der Waals surface area (Å²) < 4.78 is 1.89. The number of amides is 1. The summed E-state index contributed by atoms with van der Waals surface area (Å²) >= 11 is 6.11. The van der Waals surface area contributed by atoms with Crippen molar-refractivity contribution in [1.29, 1.82) is 0 Å². The lowest BCUT2D eigenvalue weighted by atomic mass is 9.45. The van der Waals surface area contributed by atoms with E-state index in [2.05, 4.69) is 41.6 Å². The maximum absolute atomic E-state index is 14.1. The number of piperazine rings is 1. The number of carbonyl (C=O) groups is 1. The summed E-state index contributed by atoms with van der Waals surface area (Å²) in [5, 5.41) is 11.5. The van der Waals surface area contributed by atoms with E-state index in [1.54, 1.807) is 0 Å².